The van der Waals surface area contributed by atoms with E-state index in [1.54, 1.807) is 0 Å². The molecule has 1 N–H and O–H groups in total. The van der Waals surface area contributed by atoms with Gasteiger partial charge >= 0.3 is 0 Å². The van der Waals surface area contributed by atoms with E-state index >= 15 is 0 Å². The third kappa shape index (κ3) is 3.36. The maximum atomic E-state index is 3.43. The van der Waals surface area contributed by atoms with Gasteiger partial charge in [-0.25, -0.2) is 0 Å². The molecule has 0 atom stereocenters. The number of aryl methyl sites for hydroxylation is 2. The molecule has 0 amide bonds. The van der Waals surface area contributed by atoms with Gasteiger partial charge in [0.15, 0.2) is 0 Å². The number of benzene rings is 1. The third-order valence-corrected chi connectivity index (χ3v) is 4.81. The van der Waals surface area contributed by atoms with Crippen molar-refractivity contribution >= 4 is 10.9 Å². The van der Waals surface area contributed by atoms with Crippen LogP contribution in [0.3, 0.4) is 0 Å². The zero-order valence-electron chi connectivity index (χ0n) is 14.1. The highest BCUT2D eigenvalue weighted by Gasteiger charge is 2.12. The topological polar surface area (TPSA) is 20.2 Å². The predicted octanol–water partition coefficient (Wildman–Crippen LogP) is 3.06. The molecule has 0 radical (unpaired) electrons. The second-order valence-corrected chi connectivity index (χ2v) is 6.39. The summed E-state index contributed by atoms with van der Waals surface area (Å²) in [5.74, 6) is 0. The van der Waals surface area contributed by atoms with Crippen LogP contribution in [0.4, 0.5) is 0 Å². The Morgan fingerprint density at radius 1 is 1.09 bits per heavy atom. The molecule has 0 saturated carbocycles. The number of hydrogen-bond donors (Lipinski definition) is 1. The highest BCUT2D eigenvalue weighted by Crippen LogP contribution is 2.24. The summed E-state index contributed by atoms with van der Waals surface area (Å²) in [5, 5.41) is 4.91. The van der Waals surface area contributed by atoms with E-state index in [9.17, 15) is 0 Å². The van der Waals surface area contributed by atoms with E-state index in [2.05, 4.69) is 53.0 Å². The normalized spacial score (nSPS) is 16.5. The molecule has 0 bridgehead atoms. The van der Waals surface area contributed by atoms with Crippen molar-refractivity contribution in [2.24, 2.45) is 0 Å². The molecule has 1 aromatic carbocycles. The highest BCUT2D eigenvalue weighted by atomic mass is 15.2. The van der Waals surface area contributed by atoms with Crippen LogP contribution < -0.4 is 5.32 Å². The van der Waals surface area contributed by atoms with E-state index in [0.717, 1.165) is 26.1 Å². The van der Waals surface area contributed by atoms with Gasteiger partial charge in [0, 0.05) is 56.4 Å². The van der Waals surface area contributed by atoms with Gasteiger partial charge < -0.3 is 14.8 Å². The lowest BCUT2D eigenvalue weighted by atomic mass is 10.1. The van der Waals surface area contributed by atoms with E-state index in [4.69, 9.17) is 0 Å². The van der Waals surface area contributed by atoms with E-state index in [1.165, 1.54) is 54.5 Å². The summed E-state index contributed by atoms with van der Waals surface area (Å²) in [6.45, 7) is 11.5. The fourth-order valence-corrected chi connectivity index (χ4v) is 3.48. The molecule has 22 heavy (non-hydrogen) atoms. The van der Waals surface area contributed by atoms with Crippen molar-refractivity contribution in [3.63, 3.8) is 0 Å². The summed E-state index contributed by atoms with van der Waals surface area (Å²) in [6.07, 6.45) is 5.87. The summed E-state index contributed by atoms with van der Waals surface area (Å²) in [4.78, 5) is 2.59. The monoisotopic (exact) mass is 299 g/mol. The van der Waals surface area contributed by atoms with Crippen LogP contribution >= 0.6 is 0 Å². The van der Waals surface area contributed by atoms with Crippen LogP contribution in [0.25, 0.3) is 10.9 Å². The zero-order chi connectivity index (χ0) is 15.4. The number of nitrogens with zero attached hydrogens (tertiary/aromatic N) is 2. The molecule has 1 aromatic heterocycles. The lowest BCUT2D eigenvalue weighted by Gasteiger charge is -2.26. The minimum absolute atomic E-state index is 1.12. The smallest absolute Gasteiger partial charge is 0.0483 e. The minimum atomic E-state index is 1.12. The predicted molar refractivity (Wildman–Crippen MR) is 94.6 cm³/mol. The van der Waals surface area contributed by atoms with E-state index in [-0.39, 0.29) is 0 Å². The number of rotatable bonds is 6. The first-order chi connectivity index (χ1) is 10.8. The molecular formula is C19H29N3. The van der Waals surface area contributed by atoms with Crippen molar-refractivity contribution in [1.82, 2.24) is 14.8 Å². The van der Waals surface area contributed by atoms with Crippen molar-refractivity contribution in [1.29, 1.82) is 0 Å². The van der Waals surface area contributed by atoms with Crippen LogP contribution in [0.5, 0.6) is 0 Å². The van der Waals surface area contributed by atoms with Crippen molar-refractivity contribution < 1.29 is 0 Å². The molecular weight excluding hydrogens is 270 g/mol. The number of hydrogen-bond acceptors (Lipinski definition) is 2. The first kappa shape index (κ1) is 15.6. The Morgan fingerprint density at radius 2 is 1.91 bits per heavy atom. The Balaban J connectivity index is 1.83. The van der Waals surface area contributed by atoms with Gasteiger partial charge in [0.05, 0.1) is 0 Å². The zero-order valence-corrected chi connectivity index (χ0v) is 14.1. The molecule has 2 heterocycles. The minimum Gasteiger partial charge on any atom is -0.347 e. The number of aromatic nitrogens is 1. The summed E-state index contributed by atoms with van der Waals surface area (Å²) < 4.78 is 2.45. The molecule has 3 rings (SSSR count). The van der Waals surface area contributed by atoms with Crippen LogP contribution in [0.2, 0.25) is 0 Å². The number of nitrogens with one attached hydrogen (secondary N) is 1. The van der Waals surface area contributed by atoms with Gasteiger partial charge in [-0.2, -0.15) is 0 Å². The summed E-state index contributed by atoms with van der Waals surface area (Å²) in [5.41, 5.74) is 4.39. The molecule has 1 saturated heterocycles. The SMILES string of the molecule is CCCn1cc(CCN2CCNCC2)c2cc(CC)ccc21. The molecule has 3 heteroatoms. The average molecular weight is 299 g/mol. The Kier molecular flexibility index (Phi) is 5.16. The van der Waals surface area contributed by atoms with E-state index in [0.29, 0.717) is 0 Å². The van der Waals surface area contributed by atoms with Crippen LogP contribution in [-0.2, 0) is 19.4 Å². The summed E-state index contributed by atoms with van der Waals surface area (Å²) in [6, 6.07) is 7.02. The number of piperazine rings is 1. The van der Waals surface area contributed by atoms with Crippen molar-refractivity contribution in [2.45, 2.75) is 39.7 Å². The molecule has 120 valence electrons. The molecule has 0 aliphatic carbocycles. The van der Waals surface area contributed by atoms with Gasteiger partial charge in [-0.1, -0.05) is 19.9 Å². The molecule has 1 aliphatic heterocycles. The standard InChI is InChI=1S/C19H29N3/c1-3-10-22-15-17(7-11-21-12-8-20-9-13-21)18-14-16(4-2)5-6-19(18)22/h5-6,14-15,20H,3-4,7-13H2,1-2H3. The average Bonchev–Trinajstić information content (AvgIpc) is 2.91. The molecule has 2 aromatic rings. The van der Waals surface area contributed by atoms with Crippen LogP contribution in [0, 0.1) is 0 Å². The molecule has 3 nitrogen and oxygen atoms in total. The second-order valence-electron chi connectivity index (χ2n) is 6.39. The van der Waals surface area contributed by atoms with Gasteiger partial charge in [0.2, 0.25) is 0 Å². The van der Waals surface area contributed by atoms with Gasteiger partial charge in [-0.3, -0.25) is 0 Å². The van der Waals surface area contributed by atoms with Crippen molar-refractivity contribution in [3.8, 4) is 0 Å². The molecule has 1 aliphatic rings. The fraction of sp³-hybridized carbons (Fsp3) is 0.579. The first-order valence-corrected chi connectivity index (χ1v) is 8.85. The Bertz CT molecular complexity index is 608. The lowest BCUT2D eigenvalue weighted by molar-refractivity contribution is 0.244. The maximum Gasteiger partial charge on any atom is 0.0483 e. The van der Waals surface area contributed by atoms with Crippen LogP contribution in [0.1, 0.15) is 31.4 Å². The van der Waals surface area contributed by atoms with Crippen molar-refractivity contribution in [2.75, 3.05) is 32.7 Å². The molecule has 1 fully saturated rings. The molecule has 0 unspecified atom stereocenters. The third-order valence-electron chi connectivity index (χ3n) is 4.81. The Morgan fingerprint density at radius 3 is 2.64 bits per heavy atom. The summed E-state index contributed by atoms with van der Waals surface area (Å²) in [7, 11) is 0. The van der Waals surface area contributed by atoms with Gasteiger partial charge in [0.1, 0.15) is 0 Å². The van der Waals surface area contributed by atoms with Crippen LogP contribution in [-0.4, -0.2) is 42.2 Å². The highest BCUT2D eigenvalue weighted by molar-refractivity contribution is 5.84. The second kappa shape index (κ2) is 7.30. The summed E-state index contributed by atoms with van der Waals surface area (Å²) >= 11 is 0. The van der Waals surface area contributed by atoms with Gasteiger partial charge in [0.25, 0.3) is 0 Å². The Hall–Kier alpha value is -1.32. The molecule has 0 spiro atoms. The number of fused-ring (bicyclic) bond motifs is 1. The van der Waals surface area contributed by atoms with E-state index in [1.807, 2.05) is 0 Å². The van der Waals surface area contributed by atoms with E-state index < -0.39 is 0 Å². The maximum absolute atomic E-state index is 3.43. The first-order valence-electron chi connectivity index (χ1n) is 8.85. The Labute approximate surface area is 134 Å². The van der Waals surface area contributed by atoms with Crippen LogP contribution in [0.15, 0.2) is 24.4 Å². The quantitative estimate of drug-likeness (QED) is 0.884. The van der Waals surface area contributed by atoms with Gasteiger partial charge in [-0.05, 0) is 42.5 Å². The fourth-order valence-electron chi connectivity index (χ4n) is 3.48. The van der Waals surface area contributed by atoms with Gasteiger partial charge in [-0.15, -0.1) is 0 Å². The largest absolute Gasteiger partial charge is 0.347 e. The van der Waals surface area contributed by atoms with Crippen molar-refractivity contribution in [3.05, 3.63) is 35.5 Å². The lowest BCUT2D eigenvalue weighted by Crippen LogP contribution is -2.44.